The van der Waals surface area contributed by atoms with Crippen molar-refractivity contribution in [1.29, 1.82) is 0 Å². The molecule has 0 aliphatic carbocycles. The van der Waals surface area contributed by atoms with Gasteiger partial charge in [-0.2, -0.15) is 5.10 Å². The van der Waals surface area contributed by atoms with Crippen molar-refractivity contribution in [1.82, 2.24) is 9.78 Å². The van der Waals surface area contributed by atoms with Crippen LogP contribution < -0.4 is 10.7 Å². The van der Waals surface area contributed by atoms with Gasteiger partial charge in [0.25, 0.3) is 0 Å². The zero-order valence-corrected chi connectivity index (χ0v) is 13.5. The third-order valence-corrected chi connectivity index (χ3v) is 3.45. The van der Waals surface area contributed by atoms with Gasteiger partial charge < -0.3 is 5.32 Å². The van der Waals surface area contributed by atoms with Gasteiger partial charge in [-0.1, -0.05) is 35.9 Å². The molecular formula is C18H16N4S. The van der Waals surface area contributed by atoms with Crippen molar-refractivity contribution < 1.29 is 0 Å². The fourth-order valence-electron chi connectivity index (χ4n) is 2.06. The highest BCUT2D eigenvalue weighted by atomic mass is 32.1. The highest BCUT2D eigenvalue weighted by molar-refractivity contribution is 7.80. The third kappa shape index (κ3) is 4.11. The molecule has 0 atom stereocenters. The first kappa shape index (κ1) is 15.1. The Labute approximate surface area is 140 Å². The summed E-state index contributed by atoms with van der Waals surface area (Å²) >= 11 is 5.26. The molecule has 0 saturated heterocycles. The lowest BCUT2D eigenvalue weighted by atomic mass is 10.2. The van der Waals surface area contributed by atoms with Crippen LogP contribution in [0.3, 0.4) is 0 Å². The lowest BCUT2D eigenvalue weighted by Crippen LogP contribution is -2.14. The number of anilines is 1. The summed E-state index contributed by atoms with van der Waals surface area (Å²) in [4.78, 5) is 4.36. The van der Waals surface area contributed by atoms with E-state index in [1.54, 1.807) is 10.9 Å². The average molecular weight is 320 g/mol. The van der Waals surface area contributed by atoms with E-state index in [0.29, 0.717) is 10.5 Å². The number of thiocarbonyl (C=S) groups is 1. The second kappa shape index (κ2) is 6.98. The molecule has 0 radical (unpaired) electrons. The summed E-state index contributed by atoms with van der Waals surface area (Å²) < 4.78 is 1.79. The van der Waals surface area contributed by atoms with Gasteiger partial charge in [-0.05, 0) is 49.5 Å². The molecule has 5 heteroatoms. The number of aromatic nitrogens is 2. The molecule has 0 spiro atoms. The summed E-state index contributed by atoms with van der Waals surface area (Å²) in [7, 11) is 0. The second-order valence-corrected chi connectivity index (χ2v) is 5.46. The van der Waals surface area contributed by atoms with Crippen LogP contribution in [-0.2, 0) is 0 Å². The fraction of sp³-hybridized carbons (Fsp3) is 0.0556. The minimum absolute atomic E-state index is 0.410. The quantitative estimate of drug-likeness (QED) is 0.735. The van der Waals surface area contributed by atoms with E-state index in [1.165, 1.54) is 5.56 Å². The number of hydrogen-bond donors (Lipinski definition) is 1. The van der Waals surface area contributed by atoms with E-state index in [1.807, 2.05) is 73.8 Å². The standard InChI is InChI=1S/C18H16N4S/c1-14-7-9-15(10-8-14)20-18(23)21-16-11-12-22(19-13-16)17-5-3-2-4-6-17/h2-13H,1H3,(H,20,23)/b21-16+. The monoisotopic (exact) mass is 320 g/mol. The summed E-state index contributed by atoms with van der Waals surface area (Å²) in [5, 5.41) is 8.57. The van der Waals surface area contributed by atoms with Gasteiger partial charge in [-0.15, -0.1) is 0 Å². The van der Waals surface area contributed by atoms with E-state index >= 15 is 0 Å². The van der Waals surface area contributed by atoms with E-state index < -0.39 is 0 Å². The molecule has 4 nitrogen and oxygen atoms in total. The molecule has 0 aliphatic heterocycles. The maximum atomic E-state index is 5.26. The van der Waals surface area contributed by atoms with Gasteiger partial charge in [0, 0.05) is 11.9 Å². The van der Waals surface area contributed by atoms with E-state index in [-0.39, 0.29) is 0 Å². The summed E-state index contributed by atoms with van der Waals surface area (Å²) in [5.41, 5.74) is 3.13. The lowest BCUT2D eigenvalue weighted by Gasteiger charge is -2.05. The molecule has 0 amide bonds. The van der Waals surface area contributed by atoms with Crippen molar-refractivity contribution >= 4 is 23.0 Å². The highest BCUT2D eigenvalue weighted by Crippen LogP contribution is 2.08. The van der Waals surface area contributed by atoms with Crippen molar-refractivity contribution in [3.63, 3.8) is 0 Å². The van der Waals surface area contributed by atoms with Crippen LogP contribution in [0, 0.1) is 6.92 Å². The Morgan fingerprint density at radius 2 is 1.78 bits per heavy atom. The van der Waals surface area contributed by atoms with E-state index in [0.717, 1.165) is 11.4 Å². The van der Waals surface area contributed by atoms with E-state index in [2.05, 4.69) is 15.4 Å². The molecule has 2 aromatic carbocycles. The Kier molecular flexibility index (Phi) is 4.59. The van der Waals surface area contributed by atoms with Crippen molar-refractivity contribution in [3.8, 4) is 5.69 Å². The minimum atomic E-state index is 0.410. The molecule has 3 aromatic rings. The topological polar surface area (TPSA) is 42.2 Å². The number of nitrogens with one attached hydrogen (secondary N) is 1. The first-order valence-corrected chi connectivity index (χ1v) is 7.64. The Balaban J connectivity index is 1.74. The maximum absolute atomic E-state index is 5.26. The van der Waals surface area contributed by atoms with E-state index in [4.69, 9.17) is 12.2 Å². The van der Waals surface area contributed by atoms with Crippen LogP contribution in [0.2, 0.25) is 0 Å². The van der Waals surface area contributed by atoms with Crippen LogP contribution in [-0.4, -0.2) is 14.9 Å². The SMILES string of the molecule is Cc1ccc(NC(=S)/N=c2\ccn(-c3ccccc3)nc2)cc1. The van der Waals surface area contributed by atoms with Gasteiger partial charge in [0.2, 0.25) is 0 Å². The van der Waals surface area contributed by atoms with E-state index in [9.17, 15) is 0 Å². The second-order valence-electron chi connectivity index (χ2n) is 5.07. The molecule has 114 valence electrons. The van der Waals surface area contributed by atoms with Crippen LogP contribution in [0.1, 0.15) is 5.56 Å². The third-order valence-electron chi connectivity index (χ3n) is 3.26. The largest absolute Gasteiger partial charge is 0.331 e. The van der Waals surface area contributed by atoms with Crippen molar-refractivity contribution in [2.45, 2.75) is 6.92 Å². The summed E-state index contributed by atoms with van der Waals surface area (Å²) in [5.74, 6) is 0. The van der Waals surface area contributed by atoms with Crippen LogP contribution >= 0.6 is 12.2 Å². The van der Waals surface area contributed by atoms with Crippen LogP contribution in [0.15, 0.2) is 78.0 Å². The maximum Gasteiger partial charge on any atom is 0.197 e. The molecule has 0 saturated carbocycles. The molecule has 1 aromatic heterocycles. The van der Waals surface area contributed by atoms with Crippen molar-refractivity contribution in [3.05, 3.63) is 84.0 Å². The highest BCUT2D eigenvalue weighted by Gasteiger charge is 1.96. The molecule has 0 bridgehead atoms. The lowest BCUT2D eigenvalue weighted by molar-refractivity contribution is 0.833. The number of rotatable bonds is 2. The van der Waals surface area contributed by atoms with Gasteiger partial charge in [-0.3, -0.25) is 0 Å². The molecule has 1 N–H and O–H groups in total. The van der Waals surface area contributed by atoms with Gasteiger partial charge in [-0.25, -0.2) is 9.67 Å². The van der Waals surface area contributed by atoms with Gasteiger partial charge in [0.15, 0.2) is 5.11 Å². The first-order valence-electron chi connectivity index (χ1n) is 7.23. The molecule has 0 fully saturated rings. The van der Waals surface area contributed by atoms with Crippen LogP contribution in [0.25, 0.3) is 5.69 Å². The predicted molar refractivity (Wildman–Crippen MR) is 96.5 cm³/mol. The summed E-state index contributed by atoms with van der Waals surface area (Å²) in [6.45, 7) is 2.05. The molecule has 1 heterocycles. The van der Waals surface area contributed by atoms with Gasteiger partial charge >= 0.3 is 0 Å². The number of benzene rings is 2. The first-order chi connectivity index (χ1) is 11.2. The Morgan fingerprint density at radius 1 is 1.04 bits per heavy atom. The normalized spacial score (nSPS) is 11.3. The smallest absolute Gasteiger partial charge is 0.197 e. The molecule has 23 heavy (non-hydrogen) atoms. The number of nitrogens with zero attached hydrogens (tertiary/aromatic N) is 3. The fourth-order valence-corrected chi connectivity index (χ4v) is 2.28. The zero-order chi connectivity index (χ0) is 16.1. The van der Waals surface area contributed by atoms with Gasteiger partial charge in [0.1, 0.15) is 0 Å². The Morgan fingerprint density at radius 3 is 2.43 bits per heavy atom. The zero-order valence-electron chi connectivity index (χ0n) is 12.7. The average Bonchev–Trinajstić information content (AvgIpc) is 2.58. The predicted octanol–water partition coefficient (Wildman–Crippen LogP) is 3.48. The van der Waals surface area contributed by atoms with Crippen LogP contribution in [0.5, 0.6) is 0 Å². The van der Waals surface area contributed by atoms with Crippen molar-refractivity contribution in [2.24, 2.45) is 4.99 Å². The minimum Gasteiger partial charge on any atom is -0.331 e. The number of para-hydroxylation sites is 1. The Hall–Kier alpha value is -2.79. The number of hydrogen-bond acceptors (Lipinski definition) is 2. The summed E-state index contributed by atoms with van der Waals surface area (Å²) in [6.07, 6.45) is 3.55. The molecule has 0 unspecified atom stereocenters. The summed E-state index contributed by atoms with van der Waals surface area (Å²) in [6, 6.07) is 19.8. The van der Waals surface area contributed by atoms with Crippen LogP contribution in [0.4, 0.5) is 5.69 Å². The number of aryl methyl sites for hydroxylation is 1. The molecule has 3 rings (SSSR count). The molecular weight excluding hydrogens is 304 g/mol. The van der Waals surface area contributed by atoms with Gasteiger partial charge in [0.05, 0.1) is 17.2 Å². The molecule has 0 aliphatic rings. The Bertz CT molecular complexity index is 847. The van der Waals surface area contributed by atoms with Crippen molar-refractivity contribution in [2.75, 3.05) is 5.32 Å².